The van der Waals surface area contributed by atoms with E-state index in [0.717, 1.165) is 96.9 Å². The molecule has 0 radical (unpaired) electrons. The lowest BCUT2D eigenvalue weighted by Crippen LogP contribution is -2.47. The number of hydrogen-bond donors (Lipinski definition) is 2. The Kier molecular flexibility index (Phi) is 13.1. The van der Waals surface area contributed by atoms with Gasteiger partial charge in [0.2, 0.25) is 5.91 Å². The first-order valence-electron chi connectivity index (χ1n) is 10.8. The Morgan fingerprint density at radius 3 is 2.36 bits per heavy atom. The number of unbranched alkanes of at least 4 members (excludes halogenated alkanes) is 1. The Balaban J connectivity index is 0.00000392. The molecule has 7 nitrogen and oxygen atoms in total. The van der Waals surface area contributed by atoms with Gasteiger partial charge in [0, 0.05) is 38.7 Å². The molecule has 164 valence electrons. The zero-order valence-electron chi connectivity index (χ0n) is 17.7. The Labute approximate surface area is 187 Å². The van der Waals surface area contributed by atoms with Crippen LogP contribution in [0.3, 0.4) is 0 Å². The van der Waals surface area contributed by atoms with E-state index >= 15 is 0 Å². The molecule has 0 spiro atoms. The van der Waals surface area contributed by atoms with Crippen LogP contribution >= 0.6 is 24.0 Å². The van der Waals surface area contributed by atoms with E-state index in [1.165, 1.54) is 0 Å². The number of likely N-dealkylation sites (tertiary alicyclic amines) is 2. The third-order valence-corrected chi connectivity index (χ3v) is 5.61. The lowest BCUT2D eigenvalue weighted by molar-refractivity contribution is -0.123. The van der Waals surface area contributed by atoms with Gasteiger partial charge in [-0.2, -0.15) is 0 Å². The van der Waals surface area contributed by atoms with Crippen LogP contribution in [-0.4, -0.2) is 80.2 Å². The first-order chi connectivity index (χ1) is 13.1. The molecule has 0 saturated carbocycles. The second-order valence-electron chi connectivity index (χ2n) is 7.60. The number of nitrogens with one attached hydrogen (secondary N) is 1. The summed E-state index contributed by atoms with van der Waals surface area (Å²) in [7, 11) is 0. The Bertz CT molecular complexity index is 462. The summed E-state index contributed by atoms with van der Waals surface area (Å²) in [5.41, 5.74) is 5.40. The van der Waals surface area contributed by atoms with Crippen molar-refractivity contribution in [3.63, 3.8) is 0 Å². The largest absolute Gasteiger partial charge is 0.378 e. The quantitative estimate of drug-likeness (QED) is 0.215. The number of nitrogens with two attached hydrogens (primary N) is 1. The number of piperidine rings is 2. The van der Waals surface area contributed by atoms with Crippen LogP contribution in [0.2, 0.25) is 0 Å². The van der Waals surface area contributed by atoms with E-state index in [4.69, 9.17) is 15.5 Å². The Hall–Kier alpha value is -0.610. The lowest BCUT2D eigenvalue weighted by Gasteiger charge is -2.34. The van der Waals surface area contributed by atoms with Gasteiger partial charge in [-0.15, -0.1) is 24.0 Å². The highest BCUT2D eigenvalue weighted by atomic mass is 127. The fourth-order valence-electron chi connectivity index (χ4n) is 3.97. The maximum atomic E-state index is 11.2. The third-order valence-electron chi connectivity index (χ3n) is 5.61. The number of hydrogen-bond acceptors (Lipinski definition) is 4. The summed E-state index contributed by atoms with van der Waals surface area (Å²) in [6, 6.07) is 0. The van der Waals surface area contributed by atoms with Gasteiger partial charge in [-0.05, 0) is 72.0 Å². The van der Waals surface area contributed by atoms with Crippen molar-refractivity contribution in [1.29, 1.82) is 0 Å². The van der Waals surface area contributed by atoms with Crippen LogP contribution in [0.4, 0.5) is 0 Å². The average molecular weight is 509 g/mol. The van der Waals surface area contributed by atoms with E-state index in [1.807, 2.05) is 0 Å². The van der Waals surface area contributed by atoms with Crippen LogP contribution in [-0.2, 0) is 9.53 Å². The topological polar surface area (TPSA) is 83.2 Å². The standard InChI is InChI=1S/C20H39N5O2.HI/c1-3-22-20(25-15-9-18(10-16-25)27-4-2)23-11-5-6-12-24-13-7-17(8-14-24)19(21)26;/h17-18H,3-16H2,1-2H3,(H2,21,26)(H,22,23);1H. The molecule has 2 saturated heterocycles. The molecule has 0 aromatic carbocycles. The van der Waals surface area contributed by atoms with E-state index < -0.39 is 0 Å². The minimum Gasteiger partial charge on any atom is -0.378 e. The lowest BCUT2D eigenvalue weighted by atomic mass is 9.96. The Morgan fingerprint density at radius 1 is 1.11 bits per heavy atom. The van der Waals surface area contributed by atoms with E-state index in [-0.39, 0.29) is 35.8 Å². The second-order valence-corrected chi connectivity index (χ2v) is 7.60. The Morgan fingerprint density at radius 2 is 1.79 bits per heavy atom. The summed E-state index contributed by atoms with van der Waals surface area (Å²) in [4.78, 5) is 20.9. The smallest absolute Gasteiger partial charge is 0.220 e. The molecule has 0 bridgehead atoms. The molecule has 2 heterocycles. The molecule has 3 N–H and O–H groups in total. The van der Waals surface area contributed by atoms with Gasteiger partial charge in [0.1, 0.15) is 0 Å². The van der Waals surface area contributed by atoms with Gasteiger partial charge in [0.15, 0.2) is 5.96 Å². The predicted octanol–water partition coefficient (Wildman–Crippen LogP) is 2.05. The van der Waals surface area contributed by atoms with Crippen LogP contribution in [0.25, 0.3) is 0 Å². The van der Waals surface area contributed by atoms with Crippen molar-refractivity contribution in [2.24, 2.45) is 16.6 Å². The minimum atomic E-state index is -0.134. The van der Waals surface area contributed by atoms with Crippen LogP contribution < -0.4 is 11.1 Å². The van der Waals surface area contributed by atoms with E-state index in [2.05, 4.69) is 29.0 Å². The normalized spacial score (nSPS) is 20.1. The highest BCUT2D eigenvalue weighted by molar-refractivity contribution is 14.0. The molecule has 8 heteroatoms. The molecule has 0 aromatic heterocycles. The van der Waals surface area contributed by atoms with Gasteiger partial charge < -0.3 is 25.6 Å². The van der Waals surface area contributed by atoms with Crippen molar-refractivity contribution in [2.45, 2.75) is 58.5 Å². The number of aliphatic imine (C=N–C) groups is 1. The van der Waals surface area contributed by atoms with Crippen molar-refractivity contribution in [2.75, 3.05) is 52.4 Å². The fourth-order valence-corrected chi connectivity index (χ4v) is 3.97. The number of nitrogens with zero attached hydrogens (tertiary/aromatic N) is 3. The van der Waals surface area contributed by atoms with Gasteiger partial charge in [-0.3, -0.25) is 9.79 Å². The van der Waals surface area contributed by atoms with Crippen LogP contribution in [0, 0.1) is 5.92 Å². The number of guanidine groups is 1. The van der Waals surface area contributed by atoms with Gasteiger partial charge in [0.05, 0.1) is 6.10 Å². The van der Waals surface area contributed by atoms with Crippen molar-refractivity contribution in [3.05, 3.63) is 0 Å². The number of rotatable bonds is 9. The van der Waals surface area contributed by atoms with Crippen LogP contribution in [0.5, 0.6) is 0 Å². The van der Waals surface area contributed by atoms with Gasteiger partial charge in [0.25, 0.3) is 0 Å². The third kappa shape index (κ3) is 8.82. The molecule has 0 unspecified atom stereocenters. The molecule has 2 aliphatic heterocycles. The van der Waals surface area contributed by atoms with Crippen LogP contribution in [0.15, 0.2) is 4.99 Å². The molecular weight excluding hydrogens is 469 g/mol. The summed E-state index contributed by atoms with van der Waals surface area (Å²) in [6.07, 6.45) is 6.65. The number of ether oxygens (including phenoxy) is 1. The van der Waals surface area contributed by atoms with Crippen molar-refractivity contribution in [3.8, 4) is 0 Å². The first-order valence-corrected chi connectivity index (χ1v) is 10.8. The first kappa shape index (κ1) is 25.4. The molecule has 2 fully saturated rings. The number of halogens is 1. The predicted molar refractivity (Wildman–Crippen MR) is 125 cm³/mol. The fraction of sp³-hybridized carbons (Fsp3) is 0.900. The van der Waals surface area contributed by atoms with Crippen molar-refractivity contribution < 1.29 is 9.53 Å². The molecular formula is C20H40IN5O2. The molecule has 0 atom stereocenters. The number of carbonyl (C=O) groups is 1. The summed E-state index contributed by atoms with van der Waals surface area (Å²) >= 11 is 0. The molecule has 2 aliphatic rings. The van der Waals surface area contributed by atoms with Gasteiger partial charge in [-0.1, -0.05) is 0 Å². The summed E-state index contributed by atoms with van der Waals surface area (Å²) in [6.45, 7) is 11.9. The van der Waals surface area contributed by atoms with E-state index in [0.29, 0.717) is 6.10 Å². The summed E-state index contributed by atoms with van der Waals surface area (Å²) in [5, 5.41) is 3.44. The van der Waals surface area contributed by atoms with Crippen molar-refractivity contribution >= 4 is 35.8 Å². The maximum Gasteiger partial charge on any atom is 0.220 e. The molecule has 28 heavy (non-hydrogen) atoms. The molecule has 0 aliphatic carbocycles. The second kappa shape index (κ2) is 14.4. The van der Waals surface area contributed by atoms with Crippen LogP contribution in [0.1, 0.15) is 52.4 Å². The van der Waals surface area contributed by atoms with Crippen molar-refractivity contribution in [1.82, 2.24) is 15.1 Å². The molecule has 1 amide bonds. The number of carbonyl (C=O) groups excluding carboxylic acids is 1. The zero-order valence-corrected chi connectivity index (χ0v) is 20.0. The highest BCUT2D eigenvalue weighted by Gasteiger charge is 2.23. The SMILES string of the molecule is CCNC(=NCCCCN1CCC(C(N)=O)CC1)N1CCC(OCC)CC1.I. The van der Waals surface area contributed by atoms with Gasteiger partial charge >= 0.3 is 0 Å². The molecule has 2 rings (SSSR count). The van der Waals surface area contributed by atoms with E-state index in [1.54, 1.807) is 0 Å². The number of primary amides is 1. The summed E-state index contributed by atoms with van der Waals surface area (Å²) in [5.74, 6) is 1.00. The number of amides is 1. The van der Waals surface area contributed by atoms with Gasteiger partial charge in [-0.25, -0.2) is 0 Å². The molecule has 0 aromatic rings. The maximum absolute atomic E-state index is 11.2. The minimum absolute atomic E-state index is 0. The highest BCUT2D eigenvalue weighted by Crippen LogP contribution is 2.17. The summed E-state index contributed by atoms with van der Waals surface area (Å²) < 4.78 is 5.74. The average Bonchev–Trinajstić information content (AvgIpc) is 2.68. The monoisotopic (exact) mass is 509 g/mol. The van der Waals surface area contributed by atoms with E-state index in [9.17, 15) is 4.79 Å². The zero-order chi connectivity index (χ0) is 19.5.